The maximum atomic E-state index is 12.8. The van der Waals surface area contributed by atoms with Gasteiger partial charge in [-0.1, -0.05) is 0 Å². The van der Waals surface area contributed by atoms with Crippen molar-refractivity contribution in [2.45, 2.75) is 6.04 Å². The molecule has 0 radical (unpaired) electrons. The van der Waals surface area contributed by atoms with Crippen LogP contribution in [0.1, 0.15) is 10.4 Å². The highest BCUT2D eigenvalue weighted by Crippen LogP contribution is 2.09. The zero-order valence-corrected chi connectivity index (χ0v) is 9.45. The topological polar surface area (TPSA) is 76.1 Å². The molecule has 1 aromatic heterocycles. The van der Waals surface area contributed by atoms with Crippen molar-refractivity contribution < 1.29 is 17.6 Å². The number of nitrogens with zero attached hydrogens (tertiary/aromatic N) is 1. The largest absolute Gasteiger partial charge is 0.345 e. The molecule has 1 amide bonds. The number of carbonyl (C=O) groups is 1. The summed E-state index contributed by atoms with van der Waals surface area (Å²) in [6.45, 7) is 0. The molecule has 0 bridgehead atoms. The second kappa shape index (κ2) is 4.25. The molecule has 1 aliphatic rings. The number of nitrogens with one attached hydrogen (secondary N) is 1. The summed E-state index contributed by atoms with van der Waals surface area (Å²) in [6.07, 6.45) is 2.57. The summed E-state index contributed by atoms with van der Waals surface area (Å²) >= 11 is 0. The molecule has 1 aliphatic heterocycles. The van der Waals surface area contributed by atoms with Gasteiger partial charge in [-0.15, -0.1) is 0 Å². The highest BCUT2D eigenvalue weighted by molar-refractivity contribution is 7.94. The van der Waals surface area contributed by atoms with Gasteiger partial charge in [0.15, 0.2) is 9.84 Å². The summed E-state index contributed by atoms with van der Waals surface area (Å²) in [6, 6.07) is 1.78. The lowest BCUT2D eigenvalue weighted by Gasteiger charge is -2.09. The molecule has 1 aromatic rings. The van der Waals surface area contributed by atoms with E-state index in [-0.39, 0.29) is 11.3 Å². The first-order valence-corrected chi connectivity index (χ1v) is 6.51. The Bertz CT molecular complexity index is 583. The number of amides is 1. The van der Waals surface area contributed by atoms with Gasteiger partial charge in [0, 0.05) is 23.2 Å². The number of sulfone groups is 1. The van der Waals surface area contributed by atoms with E-state index in [1.54, 1.807) is 0 Å². The van der Waals surface area contributed by atoms with E-state index in [1.165, 1.54) is 18.3 Å². The fourth-order valence-corrected chi connectivity index (χ4v) is 2.70. The number of hydrogen-bond donors (Lipinski definition) is 1. The molecule has 0 aliphatic carbocycles. The summed E-state index contributed by atoms with van der Waals surface area (Å²) < 4.78 is 35.0. The number of carbonyl (C=O) groups excluding carboxylic acids is 1. The minimum Gasteiger partial charge on any atom is -0.345 e. The molecular weight excluding hydrogens is 247 g/mol. The molecule has 7 heteroatoms. The lowest BCUT2D eigenvalue weighted by Crippen LogP contribution is -2.35. The Morgan fingerprint density at radius 2 is 2.29 bits per heavy atom. The maximum absolute atomic E-state index is 12.8. The van der Waals surface area contributed by atoms with E-state index in [9.17, 15) is 17.6 Å². The maximum Gasteiger partial charge on any atom is 0.251 e. The molecule has 0 saturated carbocycles. The van der Waals surface area contributed by atoms with Crippen LogP contribution in [-0.2, 0) is 9.84 Å². The minimum atomic E-state index is -3.21. The molecule has 5 nitrogen and oxygen atoms in total. The molecule has 0 saturated heterocycles. The van der Waals surface area contributed by atoms with Crippen LogP contribution in [0.5, 0.6) is 0 Å². The van der Waals surface area contributed by atoms with E-state index in [0.717, 1.165) is 11.5 Å². The summed E-state index contributed by atoms with van der Waals surface area (Å²) in [5.41, 5.74) is 0.107. The average molecular weight is 256 g/mol. The lowest BCUT2D eigenvalue weighted by atomic mass is 10.2. The quantitative estimate of drug-likeness (QED) is 0.770. The van der Waals surface area contributed by atoms with Crippen LogP contribution in [-0.4, -0.2) is 31.1 Å². The smallest absolute Gasteiger partial charge is 0.251 e. The zero-order chi connectivity index (χ0) is 12.5. The highest BCUT2D eigenvalue weighted by atomic mass is 32.2. The Balaban J connectivity index is 2.06. The van der Waals surface area contributed by atoms with Gasteiger partial charge in [0.25, 0.3) is 5.91 Å². The van der Waals surface area contributed by atoms with Crippen LogP contribution in [0, 0.1) is 5.95 Å². The fourth-order valence-electron chi connectivity index (χ4n) is 1.46. The van der Waals surface area contributed by atoms with E-state index < -0.39 is 27.7 Å². The van der Waals surface area contributed by atoms with Crippen LogP contribution in [0.2, 0.25) is 0 Å². The molecule has 2 rings (SSSR count). The second-order valence-corrected chi connectivity index (χ2v) is 5.54. The van der Waals surface area contributed by atoms with E-state index in [2.05, 4.69) is 10.3 Å². The SMILES string of the molecule is O=C(NC1C=CS(=O)(=O)C1)c1ccnc(F)c1. The predicted octanol–water partition coefficient (Wildman–Crippen LogP) is 0.261. The van der Waals surface area contributed by atoms with Gasteiger partial charge >= 0.3 is 0 Å². The number of hydrogen-bond acceptors (Lipinski definition) is 4. The number of pyridine rings is 1. The lowest BCUT2D eigenvalue weighted by molar-refractivity contribution is 0.0947. The molecule has 0 fully saturated rings. The molecular formula is C10H9FN2O3S. The monoisotopic (exact) mass is 256 g/mol. The molecule has 0 spiro atoms. The summed E-state index contributed by atoms with van der Waals surface area (Å²) in [4.78, 5) is 15.0. The van der Waals surface area contributed by atoms with Crippen LogP contribution in [0.25, 0.3) is 0 Å². The second-order valence-electron chi connectivity index (χ2n) is 3.61. The van der Waals surface area contributed by atoms with Crippen molar-refractivity contribution in [3.8, 4) is 0 Å². The third-order valence-corrected chi connectivity index (χ3v) is 3.63. The molecule has 0 aromatic carbocycles. The van der Waals surface area contributed by atoms with Gasteiger partial charge in [0.1, 0.15) is 0 Å². The third-order valence-electron chi connectivity index (χ3n) is 2.24. The van der Waals surface area contributed by atoms with Crippen LogP contribution >= 0.6 is 0 Å². The molecule has 1 unspecified atom stereocenters. The Morgan fingerprint density at radius 3 is 2.88 bits per heavy atom. The van der Waals surface area contributed by atoms with Crippen LogP contribution in [0.3, 0.4) is 0 Å². The number of rotatable bonds is 2. The van der Waals surface area contributed by atoms with E-state index in [0.29, 0.717) is 0 Å². The fraction of sp³-hybridized carbons (Fsp3) is 0.200. The zero-order valence-electron chi connectivity index (χ0n) is 8.63. The van der Waals surface area contributed by atoms with Crippen molar-refractivity contribution in [3.05, 3.63) is 41.3 Å². The molecule has 1 atom stereocenters. The first-order chi connectivity index (χ1) is 7.96. The predicted molar refractivity (Wildman–Crippen MR) is 58.4 cm³/mol. The van der Waals surface area contributed by atoms with Gasteiger partial charge in [-0.25, -0.2) is 13.4 Å². The first-order valence-electron chi connectivity index (χ1n) is 4.80. The highest BCUT2D eigenvalue weighted by Gasteiger charge is 2.23. The van der Waals surface area contributed by atoms with E-state index in [4.69, 9.17) is 0 Å². The van der Waals surface area contributed by atoms with Crippen LogP contribution in [0.15, 0.2) is 29.8 Å². The first kappa shape index (κ1) is 11.7. The van der Waals surface area contributed by atoms with Crippen LogP contribution < -0.4 is 5.32 Å². The standard InChI is InChI=1S/C10H9FN2O3S/c11-9-5-7(1-3-12-9)10(14)13-8-2-4-17(15,16)6-8/h1-5,8H,6H2,(H,13,14). The van der Waals surface area contributed by atoms with E-state index >= 15 is 0 Å². The van der Waals surface area contributed by atoms with Crippen molar-refractivity contribution in [2.24, 2.45) is 0 Å². The Morgan fingerprint density at radius 1 is 1.53 bits per heavy atom. The normalized spacial score (nSPS) is 21.4. The summed E-state index contributed by atoms with van der Waals surface area (Å²) in [5, 5.41) is 3.54. The Hall–Kier alpha value is -1.76. The molecule has 2 heterocycles. The van der Waals surface area contributed by atoms with Gasteiger partial charge in [0.2, 0.25) is 5.95 Å². The molecule has 17 heavy (non-hydrogen) atoms. The van der Waals surface area contributed by atoms with Crippen molar-refractivity contribution in [1.82, 2.24) is 10.3 Å². The van der Waals surface area contributed by atoms with Crippen molar-refractivity contribution in [2.75, 3.05) is 5.75 Å². The minimum absolute atomic E-state index is 0.107. The number of halogens is 1. The summed E-state index contributed by atoms with van der Waals surface area (Å²) in [7, 11) is -3.21. The van der Waals surface area contributed by atoms with Gasteiger partial charge in [-0.2, -0.15) is 4.39 Å². The van der Waals surface area contributed by atoms with Gasteiger partial charge in [-0.05, 0) is 12.1 Å². The molecule has 90 valence electrons. The average Bonchev–Trinajstić information content (AvgIpc) is 2.58. The van der Waals surface area contributed by atoms with Crippen LogP contribution in [0.4, 0.5) is 4.39 Å². The van der Waals surface area contributed by atoms with Crippen molar-refractivity contribution >= 4 is 15.7 Å². The third kappa shape index (κ3) is 2.88. The number of aromatic nitrogens is 1. The van der Waals surface area contributed by atoms with Gasteiger partial charge < -0.3 is 5.32 Å². The Labute approximate surface area is 97.3 Å². The van der Waals surface area contributed by atoms with Gasteiger partial charge in [0.05, 0.1) is 11.8 Å². The van der Waals surface area contributed by atoms with Gasteiger partial charge in [-0.3, -0.25) is 4.79 Å². The van der Waals surface area contributed by atoms with Crippen molar-refractivity contribution in [3.63, 3.8) is 0 Å². The molecule has 1 N–H and O–H groups in total. The van der Waals surface area contributed by atoms with Crippen molar-refractivity contribution in [1.29, 1.82) is 0 Å². The van der Waals surface area contributed by atoms with E-state index in [1.807, 2.05) is 0 Å². The Kier molecular flexibility index (Phi) is 2.93. The summed E-state index contributed by atoms with van der Waals surface area (Å²) in [5.74, 6) is -1.45.